The average molecular weight is 264 g/mol. The SMILES string of the molecule is COc1cccc(OC)c1C(NN)C1(C)CCCC1. The number of hydrogen-bond acceptors (Lipinski definition) is 4. The summed E-state index contributed by atoms with van der Waals surface area (Å²) in [5.74, 6) is 7.51. The maximum atomic E-state index is 5.86. The zero-order chi connectivity index (χ0) is 13.9. The van der Waals surface area contributed by atoms with Gasteiger partial charge in [0.15, 0.2) is 0 Å². The quantitative estimate of drug-likeness (QED) is 0.634. The topological polar surface area (TPSA) is 56.5 Å². The molecule has 2 rings (SSSR count). The standard InChI is InChI=1S/C15H24N2O2/c1-15(9-4-5-10-15)14(17-16)13-11(18-2)7-6-8-12(13)19-3/h6-8,14,17H,4-5,9-10,16H2,1-3H3. The van der Waals surface area contributed by atoms with Gasteiger partial charge >= 0.3 is 0 Å². The molecule has 0 radical (unpaired) electrons. The van der Waals surface area contributed by atoms with Crippen LogP contribution in [0.2, 0.25) is 0 Å². The Labute approximate surface area is 115 Å². The van der Waals surface area contributed by atoms with Gasteiger partial charge in [0.25, 0.3) is 0 Å². The fraction of sp³-hybridized carbons (Fsp3) is 0.600. The summed E-state index contributed by atoms with van der Waals surface area (Å²) in [6, 6.07) is 5.90. The van der Waals surface area contributed by atoms with Gasteiger partial charge in [-0.3, -0.25) is 11.3 Å². The van der Waals surface area contributed by atoms with E-state index in [2.05, 4.69) is 12.3 Å². The highest BCUT2D eigenvalue weighted by Gasteiger charge is 2.40. The van der Waals surface area contributed by atoms with Crippen molar-refractivity contribution in [1.82, 2.24) is 5.43 Å². The van der Waals surface area contributed by atoms with Crippen molar-refractivity contribution in [3.8, 4) is 11.5 Å². The van der Waals surface area contributed by atoms with Crippen LogP contribution in [0.4, 0.5) is 0 Å². The first-order valence-electron chi connectivity index (χ1n) is 6.83. The zero-order valence-electron chi connectivity index (χ0n) is 12.0. The largest absolute Gasteiger partial charge is 0.496 e. The molecule has 1 fully saturated rings. The number of ether oxygens (including phenoxy) is 2. The number of benzene rings is 1. The molecule has 1 saturated carbocycles. The molecule has 0 aromatic heterocycles. The lowest BCUT2D eigenvalue weighted by Gasteiger charge is -2.35. The molecule has 4 heteroatoms. The number of rotatable bonds is 5. The number of nitrogens with one attached hydrogen (secondary N) is 1. The summed E-state index contributed by atoms with van der Waals surface area (Å²) in [7, 11) is 3.37. The van der Waals surface area contributed by atoms with Gasteiger partial charge in [-0.15, -0.1) is 0 Å². The molecular formula is C15H24N2O2. The van der Waals surface area contributed by atoms with Crippen molar-refractivity contribution in [2.24, 2.45) is 11.3 Å². The van der Waals surface area contributed by atoms with Crippen LogP contribution in [0.15, 0.2) is 18.2 Å². The molecule has 1 aromatic rings. The number of hydrogen-bond donors (Lipinski definition) is 2. The van der Waals surface area contributed by atoms with Crippen LogP contribution in [-0.4, -0.2) is 14.2 Å². The van der Waals surface area contributed by atoms with Gasteiger partial charge < -0.3 is 9.47 Å². The molecule has 3 N–H and O–H groups in total. The molecule has 0 bridgehead atoms. The van der Waals surface area contributed by atoms with Gasteiger partial charge in [0.1, 0.15) is 11.5 Å². The highest BCUT2D eigenvalue weighted by atomic mass is 16.5. The first kappa shape index (κ1) is 14.2. The van der Waals surface area contributed by atoms with E-state index in [0.29, 0.717) is 0 Å². The molecule has 1 aliphatic carbocycles. The van der Waals surface area contributed by atoms with Crippen molar-refractivity contribution in [2.75, 3.05) is 14.2 Å². The molecule has 1 aliphatic rings. The van der Waals surface area contributed by atoms with E-state index in [9.17, 15) is 0 Å². The molecule has 0 saturated heterocycles. The van der Waals surface area contributed by atoms with E-state index in [1.165, 1.54) is 25.7 Å². The Morgan fingerprint density at radius 1 is 1.16 bits per heavy atom. The summed E-state index contributed by atoms with van der Waals surface area (Å²) in [6.45, 7) is 2.29. The third kappa shape index (κ3) is 2.55. The predicted octanol–water partition coefficient (Wildman–Crippen LogP) is 2.79. The molecule has 0 heterocycles. The second-order valence-electron chi connectivity index (χ2n) is 5.54. The molecule has 1 atom stereocenters. The van der Waals surface area contributed by atoms with E-state index in [1.54, 1.807) is 14.2 Å². The zero-order valence-corrected chi connectivity index (χ0v) is 12.0. The maximum Gasteiger partial charge on any atom is 0.127 e. The summed E-state index contributed by atoms with van der Waals surface area (Å²) in [5, 5.41) is 0. The van der Waals surface area contributed by atoms with Gasteiger partial charge in [0, 0.05) is 0 Å². The first-order valence-corrected chi connectivity index (χ1v) is 6.83. The van der Waals surface area contributed by atoms with Crippen LogP contribution in [0.5, 0.6) is 11.5 Å². The summed E-state index contributed by atoms with van der Waals surface area (Å²) < 4.78 is 11.0. The Kier molecular flexibility index (Phi) is 4.32. The molecule has 1 unspecified atom stereocenters. The van der Waals surface area contributed by atoms with Crippen LogP contribution in [0, 0.1) is 5.41 Å². The second kappa shape index (κ2) is 5.80. The Bertz CT molecular complexity index is 406. The fourth-order valence-corrected chi connectivity index (χ4v) is 3.27. The van der Waals surface area contributed by atoms with Crippen molar-refractivity contribution < 1.29 is 9.47 Å². The molecule has 4 nitrogen and oxygen atoms in total. The first-order chi connectivity index (χ1) is 9.16. The Morgan fingerprint density at radius 2 is 1.68 bits per heavy atom. The lowest BCUT2D eigenvalue weighted by atomic mass is 9.77. The minimum Gasteiger partial charge on any atom is -0.496 e. The molecule has 1 aromatic carbocycles. The monoisotopic (exact) mass is 264 g/mol. The third-order valence-corrected chi connectivity index (χ3v) is 4.36. The molecule has 0 amide bonds. The van der Waals surface area contributed by atoms with Crippen LogP contribution in [0.1, 0.15) is 44.2 Å². The van der Waals surface area contributed by atoms with E-state index in [1.807, 2.05) is 18.2 Å². The Morgan fingerprint density at radius 3 is 2.11 bits per heavy atom. The summed E-state index contributed by atoms with van der Waals surface area (Å²) in [4.78, 5) is 0. The molecular weight excluding hydrogens is 240 g/mol. The Hall–Kier alpha value is -1.26. The number of hydrazine groups is 1. The average Bonchev–Trinajstić information content (AvgIpc) is 2.87. The van der Waals surface area contributed by atoms with Crippen LogP contribution in [-0.2, 0) is 0 Å². The third-order valence-electron chi connectivity index (χ3n) is 4.36. The van der Waals surface area contributed by atoms with Crippen LogP contribution >= 0.6 is 0 Å². The summed E-state index contributed by atoms with van der Waals surface area (Å²) in [6.07, 6.45) is 4.85. The second-order valence-corrected chi connectivity index (χ2v) is 5.54. The van der Waals surface area contributed by atoms with E-state index in [4.69, 9.17) is 15.3 Å². The number of nitrogens with two attached hydrogens (primary N) is 1. The lowest BCUT2D eigenvalue weighted by Crippen LogP contribution is -2.39. The van der Waals surface area contributed by atoms with Crippen LogP contribution in [0.25, 0.3) is 0 Å². The van der Waals surface area contributed by atoms with Gasteiger partial charge in [-0.2, -0.15) is 0 Å². The summed E-state index contributed by atoms with van der Waals surface area (Å²) >= 11 is 0. The Balaban J connectivity index is 2.47. The highest BCUT2D eigenvalue weighted by molar-refractivity contribution is 5.47. The fourth-order valence-electron chi connectivity index (χ4n) is 3.27. The predicted molar refractivity (Wildman–Crippen MR) is 76.2 cm³/mol. The maximum absolute atomic E-state index is 5.86. The number of methoxy groups -OCH3 is 2. The molecule has 106 valence electrons. The van der Waals surface area contributed by atoms with Gasteiger partial charge in [-0.1, -0.05) is 25.8 Å². The smallest absolute Gasteiger partial charge is 0.127 e. The van der Waals surface area contributed by atoms with E-state index in [0.717, 1.165) is 17.1 Å². The van der Waals surface area contributed by atoms with Gasteiger partial charge in [-0.05, 0) is 30.4 Å². The lowest BCUT2D eigenvalue weighted by molar-refractivity contribution is 0.214. The highest BCUT2D eigenvalue weighted by Crippen LogP contribution is 2.50. The molecule has 0 spiro atoms. The van der Waals surface area contributed by atoms with E-state index < -0.39 is 0 Å². The van der Waals surface area contributed by atoms with Gasteiger partial charge in [0.05, 0.1) is 25.8 Å². The molecule has 0 aliphatic heterocycles. The van der Waals surface area contributed by atoms with Crippen molar-refractivity contribution in [2.45, 2.75) is 38.6 Å². The van der Waals surface area contributed by atoms with Crippen LogP contribution in [0.3, 0.4) is 0 Å². The minimum atomic E-state index is 0.0427. The van der Waals surface area contributed by atoms with E-state index in [-0.39, 0.29) is 11.5 Å². The van der Waals surface area contributed by atoms with Gasteiger partial charge in [0.2, 0.25) is 0 Å². The van der Waals surface area contributed by atoms with Crippen molar-refractivity contribution in [3.63, 3.8) is 0 Å². The van der Waals surface area contributed by atoms with Crippen molar-refractivity contribution >= 4 is 0 Å². The minimum absolute atomic E-state index is 0.0427. The van der Waals surface area contributed by atoms with Crippen molar-refractivity contribution in [3.05, 3.63) is 23.8 Å². The van der Waals surface area contributed by atoms with Crippen LogP contribution < -0.4 is 20.7 Å². The normalized spacial score (nSPS) is 19.2. The van der Waals surface area contributed by atoms with E-state index >= 15 is 0 Å². The van der Waals surface area contributed by atoms with Gasteiger partial charge in [-0.25, -0.2) is 0 Å². The summed E-state index contributed by atoms with van der Waals surface area (Å²) in [5.41, 5.74) is 4.17. The van der Waals surface area contributed by atoms with Crippen molar-refractivity contribution in [1.29, 1.82) is 0 Å². The molecule has 19 heavy (non-hydrogen) atoms.